The van der Waals surface area contributed by atoms with Gasteiger partial charge in [-0.2, -0.15) is 0 Å². The number of nitrogen functional groups attached to an aromatic ring is 2. The third kappa shape index (κ3) is 1.50. The van der Waals surface area contributed by atoms with Crippen LogP contribution in [0.3, 0.4) is 0 Å². The standard InChI is InChI=1S/C10H10N4/c11-8-6-13-10(14-9(8)12)7-4-2-1-3-5-7/h1-6H,11H2,(H2,12,13,14). The lowest BCUT2D eigenvalue weighted by Crippen LogP contribution is -2.00. The molecule has 0 bridgehead atoms. The van der Waals surface area contributed by atoms with Gasteiger partial charge in [-0.25, -0.2) is 9.97 Å². The first-order valence-electron chi connectivity index (χ1n) is 4.21. The molecule has 0 aliphatic carbocycles. The molecule has 14 heavy (non-hydrogen) atoms. The van der Waals surface area contributed by atoms with E-state index in [-0.39, 0.29) is 0 Å². The highest BCUT2D eigenvalue weighted by Crippen LogP contribution is 2.17. The average molecular weight is 186 g/mol. The van der Waals surface area contributed by atoms with Crippen molar-refractivity contribution in [2.75, 3.05) is 11.5 Å². The maximum absolute atomic E-state index is 5.58. The predicted octanol–water partition coefficient (Wildman–Crippen LogP) is 1.31. The Morgan fingerprint density at radius 3 is 2.36 bits per heavy atom. The zero-order chi connectivity index (χ0) is 9.97. The van der Waals surface area contributed by atoms with Crippen molar-refractivity contribution in [1.82, 2.24) is 9.97 Å². The minimum Gasteiger partial charge on any atom is -0.394 e. The van der Waals surface area contributed by atoms with Gasteiger partial charge in [-0.05, 0) is 0 Å². The van der Waals surface area contributed by atoms with Crippen molar-refractivity contribution in [3.8, 4) is 11.4 Å². The fraction of sp³-hybridized carbons (Fsp3) is 0. The Morgan fingerprint density at radius 1 is 1.00 bits per heavy atom. The Kier molecular flexibility index (Phi) is 2.02. The zero-order valence-corrected chi connectivity index (χ0v) is 7.51. The minimum absolute atomic E-state index is 0.318. The number of benzene rings is 1. The molecule has 0 aliphatic heterocycles. The fourth-order valence-electron chi connectivity index (χ4n) is 1.13. The first-order valence-corrected chi connectivity index (χ1v) is 4.21. The maximum atomic E-state index is 5.58. The van der Waals surface area contributed by atoms with E-state index in [2.05, 4.69) is 9.97 Å². The van der Waals surface area contributed by atoms with Crippen molar-refractivity contribution in [3.63, 3.8) is 0 Å². The molecule has 1 aromatic carbocycles. The SMILES string of the molecule is Nc1cnc(-c2ccccc2)nc1N. The van der Waals surface area contributed by atoms with Crippen LogP contribution in [-0.4, -0.2) is 9.97 Å². The lowest BCUT2D eigenvalue weighted by molar-refractivity contribution is 1.19. The number of aromatic nitrogens is 2. The summed E-state index contributed by atoms with van der Waals surface area (Å²) in [7, 11) is 0. The Hall–Kier alpha value is -2.10. The Morgan fingerprint density at radius 2 is 1.71 bits per heavy atom. The molecule has 0 atom stereocenters. The fourth-order valence-corrected chi connectivity index (χ4v) is 1.13. The van der Waals surface area contributed by atoms with E-state index in [1.165, 1.54) is 6.20 Å². The monoisotopic (exact) mass is 186 g/mol. The van der Waals surface area contributed by atoms with Crippen molar-refractivity contribution in [1.29, 1.82) is 0 Å². The summed E-state index contributed by atoms with van der Waals surface area (Å²) in [6.07, 6.45) is 1.52. The number of nitrogens with two attached hydrogens (primary N) is 2. The summed E-state index contributed by atoms with van der Waals surface area (Å²) < 4.78 is 0. The molecule has 0 radical (unpaired) electrons. The topological polar surface area (TPSA) is 77.8 Å². The average Bonchev–Trinajstić information content (AvgIpc) is 2.23. The van der Waals surface area contributed by atoms with Gasteiger partial charge < -0.3 is 11.5 Å². The third-order valence-electron chi connectivity index (χ3n) is 1.88. The van der Waals surface area contributed by atoms with Gasteiger partial charge in [-0.15, -0.1) is 0 Å². The van der Waals surface area contributed by atoms with Crippen LogP contribution in [0, 0.1) is 0 Å². The van der Waals surface area contributed by atoms with E-state index in [1.807, 2.05) is 30.3 Å². The van der Waals surface area contributed by atoms with E-state index in [9.17, 15) is 0 Å². The summed E-state index contributed by atoms with van der Waals surface area (Å²) in [6.45, 7) is 0. The van der Waals surface area contributed by atoms with Gasteiger partial charge in [0.25, 0.3) is 0 Å². The molecule has 1 aromatic heterocycles. The molecule has 0 saturated carbocycles. The van der Waals surface area contributed by atoms with Crippen molar-refractivity contribution in [2.45, 2.75) is 0 Å². The van der Waals surface area contributed by atoms with Crippen LogP contribution in [0.4, 0.5) is 11.5 Å². The lowest BCUT2D eigenvalue weighted by Gasteiger charge is -2.02. The maximum Gasteiger partial charge on any atom is 0.161 e. The molecule has 4 N–H and O–H groups in total. The van der Waals surface area contributed by atoms with E-state index in [4.69, 9.17) is 11.5 Å². The van der Waals surface area contributed by atoms with Crippen LogP contribution >= 0.6 is 0 Å². The molecule has 2 aromatic rings. The van der Waals surface area contributed by atoms with Gasteiger partial charge in [0.1, 0.15) is 0 Å². The molecule has 70 valence electrons. The molecule has 4 nitrogen and oxygen atoms in total. The molecular weight excluding hydrogens is 176 g/mol. The molecule has 2 rings (SSSR count). The first-order chi connectivity index (χ1) is 6.77. The normalized spacial score (nSPS) is 10.0. The van der Waals surface area contributed by atoms with E-state index in [0.717, 1.165) is 5.56 Å². The number of hydrogen-bond donors (Lipinski definition) is 2. The molecule has 0 aliphatic rings. The molecule has 0 spiro atoms. The summed E-state index contributed by atoms with van der Waals surface area (Å²) in [5.41, 5.74) is 12.4. The highest BCUT2D eigenvalue weighted by molar-refractivity contribution is 5.63. The van der Waals surface area contributed by atoms with Crippen molar-refractivity contribution in [2.24, 2.45) is 0 Å². The molecule has 0 saturated heterocycles. The molecule has 1 heterocycles. The van der Waals surface area contributed by atoms with Crippen LogP contribution in [0.1, 0.15) is 0 Å². The first kappa shape index (κ1) is 8.50. The summed E-state index contributed by atoms with van der Waals surface area (Å²) in [6, 6.07) is 9.62. The van der Waals surface area contributed by atoms with E-state index >= 15 is 0 Å². The molecule has 0 amide bonds. The van der Waals surface area contributed by atoms with Gasteiger partial charge in [0.2, 0.25) is 0 Å². The third-order valence-corrected chi connectivity index (χ3v) is 1.88. The largest absolute Gasteiger partial charge is 0.394 e. The Labute approximate surface area is 81.6 Å². The van der Waals surface area contributed by atoms with Gasteiger partial charge in [0.05, 0.1) is 11.9 Å². The highest BCUT2D eigenvalue weighted by Gasteiger charge is 2.02. The highest BCUT2D eigenvalue weighted by atomic mass is 15.0. The van der Waals surface area contributed by atoms with Crippen molar-refractivity contribution >= 4 is 11.5 Å². The Balaban J connectivity index is 2.48. The number of rotatable bonds is 1. The van der Waals surface area contributed by atoms with Crippen LogP contribution in [0.2, 0.25) is 0 Å². The second-order valence-electron chi connectivity index (χ2n) is 2.90. The van der Waals surface area contributed by atoms with Gasteiger partial charge >= 0.3 is 0 Å². The second-order valence-corrected chi connectivity index (χ2v) is 2.90. The lowest BCUT2D eigenvalue weighted by atomic mass is 10.2. The van der Waals surface area contributed by atoms with Crippen LogP contribution in [0.5, 0.6) is 0 Å². The van der Waals surface area contributed by atoms with Gasteiger partial charge in [0, 0.05) is 5.56 Å². The van der Waals surface area contributed by atoms with Crippen LogP contribution in [-0.2, 0) is 0 Å². The van der Waals surface area contributed by atoms with Gasteiger partial charge in [-0.3, -0.25) is 0 Å². The van der Waals surface area contributed by atoms with Crippen molar-refractivity contribution < 1.29 is 0 Å². The summed E-state index contributed by atoms with van der Waals surface area (Å²) in [4.78, 5) is 8.18. The second kappa shape index (κ2) is 3.33. The minimum atomic E-state index is 0.318. The number of nitrogens with zero attached hydrogens (tertiary/aromatic N) is 2. The van der Waals surface area contributed by atoms with E-state index in [1.54, 1.807) is 0 Å². The molecule has 0 unspecified atom stereocenters. The van der Waals surface area contributed by atoms with E-state index in [0.29, 0.717) is 17.3 Å². The van der Waals surface area contributed by atoms with Crippen LogP contribution in [0.15, 0.2) is 36.5 Å². The summed E-state index contributed by atoms with van der Waals surface area (Å²) in [5.74, 6) is 0.913. The Bertz CT molecular complexity index is 439. The smallest absolute Gasteiger partial charge is 0.161 e. The predicted molar refractivity (Wildman–Crippen MR) is 56.3 cm³/mol. The van der Waals surface area contributed by atoms with Gasteiger partial charge in [0.15, 0.2) is 11.6 Å². The molecular formula is C10H10N4. The van der Waals surface area contributed by atoms with Crippen LogP contribution < -0.4 is 11.5 Å². The quantitative estimate of drug-likeness (QED) is 0.703. The summed E-state index contributed by atoms with van der Waals surface area (Å²) in [5, 5.41) is 0. The summed E-state index contributed by atoms with van der Waals surface area (Å²) >= 11 is 0. The van der Waals surface area contributed by atoms with Gasteiger partial charge in [-0.1, -0.05) is 30.3 Å². The van der Waals surface area contributed by atoms with E-state index < -0.39 is 0 Å². The van der Waals surface area contributed by atoms with Crippen molar-refractivity contribution in [3.05, 3.63) is 36.5 Å². The zero-order valence-electron chi connectivity index (χ0n) is 7.51. The number of anilines is 2. The molecule has 0 fully saturated rings. The number of hydrogen-bond acceptors (Lipinski definition) is 4. The molecule has 4 heteroatoms. The van der Waals surface area contributed by atoms with Crippen LogP contribution in [0.25, 0.3) is 11.4 Å².